The van der Waals surface area contributed by atoms with E-state index in [9.17, 15) is 19.2 Å². The van der Waals surface area contributed by atoms with E-state index in [0.29, 0.717) is 46.7 Å². The molecule has 1 fully saturated rings. The molecule has 0 atom stereocenters. The number of rotatable bonds is 14. The molecule has 0 bridgehead atoms. The maximum absolute atomic E-state index is 11.5. The zero-order chi connectivity index (χ0) is 43.1. The number of anilines is 2. The van der Waals surface area contributed by atoms with Gasteiger partial charge in [-0.1, -0.05) is 90.1 Å². The normalized spacial score (nSPS) is 14.8. The zero-order valence-electron chi connectivity index (χ0n) is 34.7. The summed E-state index contributed by atoms with van der Waals surface area (Å²) >= 11 is 0. The average molecular weight is 795 g/mol. The van der Waals surface area contributed by atoms with E-state index in [0.717, 1.165) is 23.9 Å². The molecule has 310 valence electrons. The van der Waals surface area contributed by atoms with Gasteiger partial charge in [0.1, 0.15) is 0 Å². The van der Waals surface area contributed by atoms with E-state index in [1.807, 2.05) is 12.1 Å². The molecule has 0 amide bonds. The zero-order valence-corrected chi connectivity index (χ0v) is 34.7. The molecule has 0 spiro atoms. The van der Waals surface area contributed by atoms with Crippen LogP contribution in [0.1, 0.15) is 144 Å². The summed E-state index contributed by atoms with van der Waals surface area (Å²) in [6, 6.07) is 24.4. The quantitative estimate of drug-likeness (QED) is 0.0477. The van der Waals surface area contributed by atoms with Crippen LogP contribution < -0.4 is 16.1 Å². The van der Waals surface area contributed by atoms with E-state index >= 15 is 0 Å². The summed E-state index contributed by atoms with van der Waals surface area (Å²) in [5.41, 5.74) is 5.81. The molecular formula is C46H59BN2O9. The lowest BCUT2D eigenvalue weighted by molar-refractivity contribution is 0.0682. The van der Waals surface area contributed by atoms with Crippen LogP contribution >= 0.6 is 0 Å². The Morgan fingerprint density at radius 3 is 1.41 bits per heavy atom. The summed E-state index contributed by atoms with van der Waals surface area (Å²) in [6.45, 7) is 15.8. The van der Waals surface area contributed by atoms with Crippen molar-refractivity contribution in [3.05, 3.63) is 124 Å². The molecule has 11 nitrogen and oxygen atoms in total. The topological polar surface area (TPSA) is 193 Å². The lowest BCUT2D eigenvalue weighted by atomic mass is 9.77. The molecule has 4 aromatic rings. The van der Waals surface area contributed by atoms with Crippen LogP contribution in [0.5, 0.6) is 0 Å². The van der Waals surface area contributed by atoms with E-state index in [1.165, 1.54) is 74.1 Å². The van der Waals surface area contributed by atoms with Crippen molar-refractivity contribution in [2.75, 3.05) is 17.2 Å². The summed E-state index contributed by atoms with van der Waals surface area (Å²) in [5.74, 6) is -0.365. The van der Waals surface area contributed by atoms with Crippen molar-refractivity contribution >= 4 is 47.6 Å². The fourth-order valence-electron chi connectivity index (χ4n) is 6.63. The molecule has 7 N–H and O–H groups in total. The fourth-order valence-corrected chi connectivity index (χ4v) is 6.63. The molecule has 12 heteroatoms. The molecule has 4 aromatic carbocycles. The highest BCUT2D eigenvalue weighted by molar-refractivity contribution is 6.58. The van der Waals surface area contributed by atoms with Crippen molar-refractivity contribution < 1.29 is 44.5 Å². The molecule has 0 saturated heterocycles. The standard InChI is InChI=1S/C19H21NO3.C18H25NO4.C9H13BO2/c1-12(2)15-6-4-14(5-7-15)11-20-18-9-16(13(3)21)8-17(10-18)19(22)23;1-11(2)13-5-3-12(4-6-13)10-19-16-8-14(17(20)21)7-15(9-16)18(22)23;1-7(2)8-3-5-9(6-4-8)10(11)12/h4-10,12,20H,11H2,1-3H3,(H,22,23);7-9,11-13,19H,3-6,10H2,1-2H3,(H,20,21)(H,22,23);3-7,11-12H,1-2H3. The molecule has 0 unspecified atom stereocenters. The Kier molecular flexibility index (Phi) is 18.2. The number of nitrogens with one attached hydrogen (secondary N) is 2. The molecule has 5 rings (SSSR count). The molecule has 0 heterocycles. The first kappa shape index (κ1) is 46.9. The molecule has 0 aromatic heterocycles. The minimum Gasteiger partial charge on any atom is -0.478 e. The van der Waals surface area contributed by atoms with Gasteiger partial charge in [0, 0.05) is 30.0 Å². The van der Waals surface area contributed by atoms with Gasteiger partial charge in [-0.25, -0.2) is 14.4 Å². The van der Waals surface area contributed by atoms with Crippen LogP contribution in [0, 0.1) is 17.8 Å². The largest absolute Gasteiger partial charge is 0.488 e. The van der Waals surface area contributed by atoms with Crippen LogP contribution in [0.4, 0.5) is 11.4 Å². The molecule has 1 saturated carbocycles. The van der Waals surface area contributed by atoms with Gasteiger partial charge in [0.2, 0.25) is 0 Å². The molecule has 1 aliphatic carbocycles. The van der Waals surface area contributed by atoms with Gasteiger partial charge >= 0.3 is 25.0 Å². The highest BCUT2D eigenvalue weighted by Gasteiger charge is 2.23. The fraction of sp³-hybridized carbons (Fsp3) is 0.391. The summed E-state index contributed by atoms with van der Waals surface area (Å²) in [6.07, 6.45) is 4.81. The van der Waals surface area contributed by atoms with E-state index in [1.54, 1.807) is 18.2 Å². The van der Waals surface area contributed by atoms with E-state index in [2.05, 4.69) is 76.4 Å². The van der Waals surface area contributed by atoms with Gasteiger partial charge in [0.15, 0.2) is 5.78 Å². The number of Topliss-reactive ketones (excluding diaryl/α,β-unsaturated/α-hetero) is 1. The van der Waals surface area contributed by atoms with Crippen LogP contribution in [-0.4, -0.2) is 62.7 Å². The highest BCUT2D eigenvalue weighted by Crippen LogP contribution is 2.33. The number of ketones is 1. The Hall–Kier alpha value is -5.46. The van der Waals surface area contributed by atoms with Crippen molar-refractivity contribution in [3.8, 4) is 0 Å². The maximum atomic E-state index is 11.5. The van der Waals surface area contributed by atoms with Crippen molar-refractivity contribution in [2.45, 2.75) is 92.5 Å². The Bertz CT molecular complexity index is 1880. The second kappa shape index (κ2) is 22.5. The number of carboxylic acid groups (broad SMARTS) is 3. The number of carboxylic acids is 3. The van der Waals surface area contributed by atoms with Gasteiger partial charge in [-0.3, -0.25) is 4.79 Å². The minimum absolute atomic E-state index is 0.00378. The second-order valence-corrected chi connectivity index (χ2v) is 15.9. The maximum Gasteiger partial charge on any atom is 0.488 e. The number of aromatic carboxylic acids is 3. The number of benzene rings is 4. The predicted octanol–water partition coefficient (Wildman–Crippen LogP) is 8.77. The van der Waals surface area contributed by atoms with Crippen molar-refractivity contribution in [3.63, 3.8) is 0 Å². The molecule has 58 heavy (non-hydrogen) atoms. The first-order chi connectivity index (χ1) is 27.3. The molecule has 0 aliphatic heterocycles. The van der Waals surface area contributed by atoms with Crippen LogP contribution in [0.25, 0.3) is 0 Å². The smallest absolute Gasteiger partial charge is 0.478 e. The van der Waals surface area contributed by atoms with Gasteiger partial charge in [-0.15, -0.1) is 0 Å². The van der Waals surface area contributed by atoms with E-state index in [-0.39, 0.29) is 22.5 Å². The predicted molar refractivity (Wildman–Crippen MR) is 231 cm³/mol. The third kappa shape index (κ3) is 15.1. The average Bonchev–Trinajstić information content (AvgIpc) is 3.19. The van der Waals surface area contributed by atoms with Crippen LogP contribution in [0.2, 0.25) is 0 Å². The van der Waals surface area contributed by atoms with Crippen LogP contribution in [0.3, 0.4) is 0 Å². The SMILES string of the molecule is CC(=O)c1cc(NCc2ccc(C(C)C)cc2)cc(C(=O)O)c1.CC(C)C1CCC(CNc2cc(C(=O)O)cc(C(=O)O)c2)CC1.CC(C)c1ccc(B(O)O)cc1. The van der Waals surface area contributed by atoms with E-state index in [4.69, 9.17) is 25.4 Å². The highest BCUT2D eigenvalue weighted by atomic mass is 16.4. The van der Waals surface area contributed by atoms with Gasteiger partial charge in [0.25, 0.3) is 0 Å². The molecule has 0 radical (unpaired) electrons. The summed E-state index contributed by atoms with van der Waals surface area (Å²) in [4.78, 5) is 44.9. The first-order valence-corrected chi connectivity index (χ1v) is 19.9. The Balaban J connectivity index is 0.000000245. The minimum atomic E-state index is -1.36. The van der Waals surface area contributed by atoms with Gasteiger partial charge in [-0.05, 0) is 121 Å². The third-order valence-corrected chi connectivity index (χ3v) is 10.5. The van der Waals surface area contributed by atoms with Crippen molar-refractivity contribution in [1.29, 1.82) is 0 Å². The van der Waals surface area contributed by atoms with Gasteiger partial charge in [0.05, 0.1) is 16.7 Å². The third-order valence-electron chi connectivity index (χ3n) is 10.5. The number of hydrogen-bond acceptors (Lipinski definition) is 8. The summed E-state index contributed by atoms with van der Waals surface area (Å²) < 4.78 is 0. The lowest BCUT2D eigenvalue weighted by Gasteiger charge is -2.31. The van der Waals surface area contributed by atoms with E-state index < -0.39 is 25.0 Å². The van der Waals surface area contributed by atoms with Crippen LogP contribution in [0.15, 0.2) is 84.9 Å². The van der Waals surface area contributed by atoms with Gasteiger partial charge in [-0.2, -0.15) is 0 Å². The summed E-state index contributed by atoms with van der Waals surface area (Å²) in [5, 5.41) is 51.4. The second-order valence-electron chi connectivity index (χ2n) is 15.9. The van der Waals surface area contributed by atoms with Crippen molar-refractivity contribution in [2.24, 2.45) is 17.8 Å². The number of carbonyl (C=O) groups excluding carboxylic acids is 1. The number of carbonyl (C=O) groups is 4. The Morgan fingerprint density at radius 1 is 0.603 bits per heavy atom. The Labute approximate surface area is 342 Å². The first-order valence-electron chi connectivity index (χ1n) is 19.9. The number of hydrogen-bond donors (Lipinski definition) is 7. The molecular weight excluding hydrogens is 735 g/mol. The Morgan fingerprint density at radius 2 is 1.02 bits per heavy atom. The summed E-state index contributed by atoms with van der Waals surface area (Å²) in [7, 11) is -1.36. The molecule has 1 aliphatic rings. The monoisotopic (exact) mass is 794 g/mol. The lowest BCUT2D eigenvalue weighted by Crippen LogP contribution is -2.29. The van der Waals surface area contributed by atoms with Gasteiger partial charge < -0.3 is 36.0 Å². The van der Waals surface area contributed by atoms with Crippen LogP contribution in [-0.2, 0) is 6.54 Å². The van der Waals surface area contributed by atoms with Crippen molar-refractivity contribution in [1.82, 2.24) is 0 Å².